The van der Waals surface area contributed by atoms with Crippen LogP contribution in [0.1, 0.15) is 22.3 Å². The Labute approximate surface area is 166 Å². The summed E-state index contributed by atoms with van der Waals surface area (Å²) in [6.45, 7) is 9.68. The molecule has 1 aliphatic heterocycles. The average Bonchev–Trinajstić information content (AvgIpc) is 2.67. The molecule has 2 aromatic rings. The van der Waals surface area contributed by atoms with E-state index < -0.39 is 0 Å². The number of nitrogens with one attached hydrogen (secondary N) is 2. The van der Waals surface area contributed by atoms with Crippen molar-refractivity contribution >= 4 is 17.7 Å². The van der Waals surface area contributed by atoms with Gasteiger partial charge < -0.3 is 15.0 Å². The Bertz CT molecular complexity index is 755. The number of amides is 1. The fraction of sp³-hybridized carbons (Fsp3) is 0.409. The topological polar surface area (TPSA) is 42.8 Å². The first kappa shape index (κ1) is 19.9. The van der Waals surface area contributed by atoms with Crippen LogP contribution in [0.5, 0.6) is 0 Å². The summed E-state index contributed by atoms with van der Waals surface area (Å²) < 4.78 is 5.41. The van der Waals surface area contributed by atoms with Crippen LogP contribution in [-0.2, 0) is 22.6 Å². The molecule has 0 unspecified atom stereocenters. The molecule has 0 atom stereocenters. The number of aryl methyl sites for hydroxylation is 2. The summed E-state index contributed by atoms with van der Waals surface area (Å²) >= 11 is 1.60. The van der Waals surface area contributed by atoms with Gasteiger partial charge >= 0.3 is 0 Å². The van der Waals surface area contributed by atoms with Gasteiger partial charge in [-0.15, -0.1) is 11.8 Å². The zero-order chi connectivity index (χ0) is 19.1. The number of thioether (sulfide) groups is 1. The molecule has 0 aromatic heterocycles. The Morgan fingerprint density at radius 2 is 1.78 bits per heavy atom. The molecule has 1 heterocycles. The van der Waals surface area contributed by atoms with Crippen LogP contribution in [0.2, 0.25) is 0 Å². The number of morpholine rings is 1. The highest BCUT2D eigenvalue weighted by atomic mass is 32.2. The third-order valence-corrected chi connectivity index (χ3v) is 6.03. The number of hydrogen-bond acceptors (Lipinski definition) is 3. The van der Waals surface area contributed by atoms with E-state index >= 15 is 0 Å². The molecule has 144 valence electrons. The van der Waals surface area contributed by atoms with Gasteiger partial charge in [0.15, 0.2) is 0 Å². The largest absolute Gasteiger partial charge is 0.370 e. The molecule has 5 heteroatoms. The van der Waals surface area contributed by atoms with Crippen LogP contribution < -0.4 is 10.2 Å². The van der Waals surface area contributed by atoms with Crippen LogP contribution in [0.15, 0.2) is 47.4 Å². The van der Waals surface area contributed by atoms with Gasteiger partial charge in [0.05, 0.1) is 19.0 Å². The molecule has 0 saturated carbocycles. The zero-order valence-corrected chi connectivity index (χ0v) is 17.0. The van der Waals surface area contributed by atoms with E-state index in [1.807, 2.05) is 0 Å². The van der Waals surface area contributed by atoms with E-state index in [-0.39, 0.29) is 5.91 Å². The van der Waals surface area contributed by atoms with Crippen LogP contribution in [0, 0.1) is 13.8 Å². The van der Waals surface area contributed by atoms with Gasteiger partial charge in [-0.1, -0.05) is 42.0 Å². The minimum Gasteiger partial charge on any atom is -0.370 e. The summed E-state index contributed by atoms with van der Waals surface area (Å²) in [5.74, 6) is 0.518. The van der Waals surface area contributed by atoms with Gasteiger partial charge in [-0.05, 0) is 31.0 Å². The summed E-state index contributed by atoms with van der Waals surface area (Å²) in [5.41, 5.74) is 4.96. The molecule has 0 spiro atoms. The van der Waals surface area contributed by atoms with Crippen molar-refractivity contribution in [2.75, 3.05) is 32.1 Å². The maximum absolute atomic E-state index is 12.2. The van der Waals surface area contributed by atoms with Crippen molar-refractivity contribution in [1.29, 1.82) is 0 Å². The first-order chi connectivity index (χ1) is 13.1. The third-order valence-electron chi connectivity index (χ3n) is 4.86. The van der Waals surface area contributed by atoms with E-state index in [0.29, 0.717) is 12.3 Å². The van der Waals surface area contributed by atoms with Crippen molar-refractivity contribution in [3.8, 4) is 0 Å². The number of benzene rings is 2. The van der Waals surface area contributed by atoms with Gasteiger partial charge in [0.25, 0.3) is 0 Å². The molecule has 0 aliphatic carbocycles. The second kappa shape index (κ2) is 9.93. The van der Waals surface area contributed by atoms with E-state index in [1.54, 1.807) is 16.7 Å². The fourth-order valence-electron chi connectivity index (χ4n) is 3.26. The van der Waals surface area contributed by atoms with E-state index in [1.165, 1.54) is 21.6 Å². The van der Waals surface area contributed by atoms with Crippen molar-refractivity contribution < 1.29 is 14.4 Å². The summed E-state index contributed by atoms with van der Waals surface area (Å²) in [7, 11) is 0. The van der Waals surface area contributed by atoms with Crippen LogP contribution >= 0.6 is 11.8 Å². The Hall–Kier alpha value is -1.82. The first-order valence-electron chi connectivity index (χ1n) is 9.56. The Morgan fingerprint density at radius 3 is 2.48 bits per heavy atom. The lowest BCUT2D eigenvalue weighted by Crippen LogP contribution is -3.12. The van der Waals surface area contributed by atoms with E-state index in [4.69, 9.17) is 4.74 Å². The molecule has 0 bridgehead atoms. The van der Waals surface area contributed by atoms with Gasteiger partial charge in [0, 0.05) is 17.0 Å². The maximum Gasteiger partial charge on any atom is 0.230 e. The van der Waals surface area contributed by atoms with Crippen LogP contribution in [0.4, 0.5) is 0 Å². The molecule has 0 radical (unpaired) electrons. The summed E-state index contributed by atoms with van der Waals surface area (Å²) in [6, 6.07) is 14.9. The fourth-order valence-corrected chi connectivity index (χ4v) is 4.10. The van der Waals surface area contributed by atoms with Gasteiger partial charge in [0.2, 0.25) is 5.91 Å². The smallest absolute Gasteiger partial charge is 0.230 e. The van der Waals surface area contributed by atoms with Crippen molar-refractivity contribution in [2.45, 2.75) is 31.8 Å². The third kappa shape index (κ3) is 6.38. The normalized spacial score (nSPS) is 14.9. The zero-order valence-electron chi connectivity index (χ0n) is 16.2. The minimum atomic E-state index is 0.0711. The van der Waals surface area contributed by atoms with Gasteiger partial charge in [-0.25, -0.2) is 0 Å². The maximum atomic E-state index is 12.2. The Kier molecular flexibility index (Phi) is 7.33. The van der Waals surface area contributed by atoms with Crippen molar-refractivity contribution in [2.24, 2.45) is 0 Å². The highest BCUT2D eigenvalue weighted by Gasteiger charge is 2.14. The number of carbonyl (C=O) groups is 1. The van der Waals surface area contributed by atoms with Crippen molar-refractivity contribution in [3.63, 3.8) is 0 Å². The number of hydrogen-bond donors (Lipinski definition) is 2. The average molecular weight is 386 g/mol. The molecule has 3 rings (SSSR count). The highest BCUT2D eigenvalue weighted by Crippen LogP contribution is 2.22. The molecule has 2 aromatic carbocycles. The Balaban J connectivity index is 1.41. The molecular weight excluding hydrogens is 356 g/mol. The van der Waals surface area contributed by atoms with E-state index in [0.717, 1.165) is 38.4 Å². The standard InChI is InChI=1S/C22H28N2O2S/c1-17-3-8-21(18(2)13-17)27-16-22(25)23-14-19-4-6-20(7-5-19)15-24-9-11-26-12-10-24/h3-8,13H,9-12,14-16H2,1-2H3,(H,23,25)/p+1. The predicted octanol–water partition coefficient (Wildman–Crippen LogP) is 2.13. The lowest BCUT2D eigenvalue weighted by Gasteiger charge is -2.23. The number of rotatable bonds is 7. The monoisotopic (exact) mass is 385 g/mol. The van der Waals surface area contributed by atoms with Crippen molar-refractivity contribution in [1.82, 2.24) is 5.32 Å². The molecule has 1 saturated heterocycles. The molecule has 2 N–H and O–H groups in total. The number of ether oxygens (including phenoxy) is 1. The molecule has 1 aliphatic rings. The van der Waals surface area contributed by atoms with Crippen LogP contribution in [-0.4, -0.2) is 38.0 Å². The second-order valence-electron chi connectivity index (χ2n) is 7.19. The SMILES string of the molecule is Cc1ccc(SCC(=O)NCc2ccc(C[NH+]3CCOCC3)cc2)c(C)c1. The summed E-state index contributed by atoms with van der Waals surface area (Å²) in [5, 5.41) is 3.02. The minimum absolute atomic E-state index is 0.0711. The van der Waals surface area contributed by atoms with E-state index in [2.05, 4.69) is 61.6 Å². The summed E-state index contributed by atoms with van der Waals surface area (Å²) in [4.78, 5) is 14.9. The first-order valence-corrected chi connectivity index (χ1v) is 10.5. The highest BCUT2D eigenvalue weighted by molar-refractivity contribution is 8.00. The summed E-state index contributed by atoms with van der Waals surface area (Å²) in [6.07, 6.45) is 0. The molecule has 4 nitrogen and oxygen atoms in total. The quantitative estimate of drug-likeness (QED) is 0.718. The van der Waals surface area contributed by atoms with E-state index in [9.17, 15) is 4.79 Å². The van der Waals surface area contributed by atoms with Gasteiger partial charge in [-0.3, -0.25) is 4.79 Å². The van der Waals surface area contributed by atoms with Crippen molar-refractivity contribution in [3.05, 3.63) is 64.7 Å². The molecular formula is C22H29N2O2S+. The lowest BCUT2D eigenvalue weighted by atomic mass is 10.1. The van der Waals surface area contributed by atoms with Gasteiger partial charge in [0.1, 0.15) is 19.6 Å². The molecule has 27 heavy (non-hydrogen) atoms. The second-order valence-corrected chi connectivity index (χ2v) is 8.21. The van der Waals surface area contributed by atoms with Gasteiger partial charge in [-0.2, -0.15) is 0 Å². The number of carbonyl (C=O) groups excluding carboxylic acids is 1. The van der Waals surface area contributed by atoms with Crippen LogP contribution in [0.3, 0.4) is 0 Å². The predicted molar refractivity (Wildman–Crippen MR) is 110 cm³/mol. The Morgan fingerprint density at radius 1 is 1.07 bits per heavy atom. The molecule has 1 fully saturated rings. The number of quaternary nitrogens is 1. The van der Waals surface area contributed by atoms with Crippen LogP contribution in [0.25, 0.3) is 0 Å². The lowest BCUT2D eigenvalue weighted by molar-refractivity contribution is -0.921. The molecule has 1 amide bonds.